The molecule has 1 fully saturated rings. The van der Waals surface area contributed by atoms with E-state index in [1.165, 1.54) is 6.92 Å². The van der Waals surface area contributed by atoms with Crippen LogP contribution in [0.5, 0.6) is 0 Å². The van der Waals surface area contributed by atoms with Crippen molar-refractivity contribution in [2.24, 2.45) is 7.05 Å². The smallest absolute Gasteiger partial charge is 0.217 e. The number of amides is 1. The highest BCUT2D eigenvalue weighted by atomic mass is 16.1. The van der Waals surface area contributed by atoms with Gasteiger partial charge in [0.25, 0.3) is 0 Å². The molecular weight excluding hydrogens is 230 g/mol. The van der Waals surface area contributed by atoms with Crippen molar-refractivity contribution >= 4 is 11.7 Å². The van der Waals surface area contributed by atoms with Crippen LogP contribution in [0, 0.1) is 18.3 Å². The van der Waals surface area contributed by atoms with Gasteiger partial charge in [-0.15, -0.1) is 0 Å². The van der Waals surface area contributed by atoms with Crippen molar-refractivity contribution in [3.05, 3.63) is 11.3 Å². The second kappa shape index (κ2) is 4.69. The summed E-state index contributed by atoms with van der Waals surface area (Å²) >= 11 is 0. The molecule has 2 heterocycles. The quantitative estimate of drug-likeness (QED) is 0.816. The third-order valence-electron chi connectivity index (χ3n) is 3.20. The second-order valence-corrected chi connectivity index (χ2v) is 4.65. The molecule has 0 spiro atoms. The first-order valence-electron chi connectivity index (χ1n) is 5.98. The summed E-state index contributed by atoms with van der Waals surface area (Å²) in [4.78, 5) is 13.1. The van der Waals surface area contributed by atoms with Crippen molar-refractivity contribution in [3.63, 3.8) is 0 Å². The SMILES string of the molecule is CC(=O)NC1CCN(c2c(C#N)c(C)nn2C)C1. The van der Waals surface area contributed by atoms with Gasteiger partial charge in [0.15, 0.2) is 0 Å². The lowest BCUT2D eigenvalue weighted by Gasteiger charge is -2.19. The number of nitriles is 1. The fourth-order valence-corrected chi connectivity index (χ4v) is 2.50. The molecule has 1 aliphatic rings. The summed E-state index contributed by atoms with van der Waals surface area (Å²) in [6, 6.07) is 2.36. The Kier molecular flexibility index (Phi) is 3.24. The fraction of sp³-hybridized carbons (Fsp3) is 0.583. The number of carbonyl (C=O) groups is 1. The maximum atomic E-state index is 11.0. The van der Waals surface area contributed by atoms with Gasteiger partial charge in [0, 0.05) is 33.1 Å². The van der Waals surface area contributed by atoms with E-state index in [1.54, 1.807) is 4.68 Å². The van der Waals surface area contributed by atoms with Gasteiger partial charge in [-0.2, -0.15) is 10.4 Å². The lowest BCUT2D eigenvalue weighted by Crippen LogP contribution is -2.36. The van der Waals surface area contributed by atoms with Crippen molar-refractivity contribution in [1.82, 2.24) is 15.1 Å². The Morgan fingerprint density at radius 1 is 1.61 bits per heavy atom. The highest BCUT2D eigenvalue weighted by molar-refractivity contribution is 5.73. The summed E-state index contributed by atoms with van der Waals surface area (Å²) in [5, 5.41) is 16.4. The number of carbonyl (C=O) groups excluding carboxylic acids is 1. The average Bonchev–Trinajstić information content (AvgIpc) is 2.81. The van der Waals surface area contributed by atoms with Gasteiger partial charge in [-0.05, 0) is 13.3 Å². The van der Waals surface area contributed by atoms with E-state index in [2.05, 4.69) is 21.4 Å². The lowest BCUT2D eigenvalue weighted by molar-refractivity contribution is -0.119. The molecule has 18 heavy (non-hydrogen) atoms. The minimum absolute atomic E-state index is 0.0106. The van der Waals surface area contributed by atoms with Crippen LogP contribution in [0.1, 0.15) is 24.6 Å². The average molecular weight is 247 g/mol. The standard InChI is InChI=1S/C12H17N5O/c1-8-11(6-13)12(16(3)15-8)17-5-4-10(7-17)14-9(2)18/h10H,4-5,7H2,1-3H3,(H,14,18). The minimum atomic E-state index is -0.0106. The van der Waals surface area contributed by atoms with Gasteiger partial charge in [-0.25, -0.2) is 0 Å². The van der Waals surface area contributed by atoms with Crippen molar-refractivity contribution in [2.75, 3.05) is 18.0 Å². The van der Waals surface area contributed by atoms with Gasteiger partial charge in [0.2, 0.25) is 5.91 Å². The Labute approximate surface area is 106 Å². The Bertz CT molecular complexity index is 513. The molecule has 0 aromatic carbocycles. The molecule has 1 N–H and O–H groups in total. The van der Waals surface area contributed by atoms with Gasteiger partial charge in [0.1, 0.15) is 17.5 Å². The Morgan fingerprint density at radius 2 is 2.33 bits per heavy atom. The number of nitrogens with one attached hydrogen (secondary N) is 1. The first-order valence-corrected chi connectivity index (χ1v) is 5.98. The lowest BCUT2D eigenvalue weighted by atomic mass is 10.2. The van der Waals surface area contributed by atoms with Crippen molar-refractivity contribution in [3.8, 4) is 6.07 Å². The molecule has 0 radical (unpaired) electrons. The van der Waals surface area contributed by atoms with Gasteiger partial charge >= 0.3 is 0 Å². The molecule has 96 valence electrons. The topological polar surface area (TPSA) is 74.0 Å². The zero-order valence-electron chi connectivity index (χ0n) is 10.9. The zero-order chi connectivity index (χ0) is 13.3. The van der Waals surface area contributed by atoms with Crippen LogP contribution in [-0.2, 0) is 11.8 Å². The van der Waals surface area contributed by atoms with E-state index in [0.29, 0.717) is 5.56 Å². The summed E-state index contributed by atoms with van der Waals surface area (Å²) in [6.45, 7) is 4.92. The molecule has 1 atom stereocenters. The van der Waals surface area contributed by atoms with Crippen LogP contribution in [0.25, 0.3) is 0 Å². The van der Waals surface area contributed by atoms with Crippen LogP contribution in [0.15, 0.2) is 0 Å². The van der Waals surface area contributed by atoms with Gasteiger partial charge < -0.3 is 10.2 Å². The molecule has 1 amide bonds. The molecule has 0 bridgehead atoms. The zero-order valence-corrected chi connectivity index (χ0v) is 10.9. The van der Waals surface area contributed by atoms with Crippen molar-refractivity contribution in [2.45, 2.75) is 26.3 Å². The van der Waals surface area contributed by atoms with E-state index in [4.69, 9.17) is 0 Å². The van der Waals surface area contributed by atoms with Gasteiger partial charge in [-0.1, -0.05) is 0 Å². The van der Waals surface area contributed by atoms with Crippen molar-refractivity contribution in [1.29, 1.82) is 5.26 Å². The minimum Gasteiger partial charge on any atom is -0.354 e. The summed E-state index contributed by atoms with van der Waals surface area (Å²) < 4.78 is 1.74. The van der Waals surface area contributed by atoms with Gasteiger partial charge in [0.05, 0.1) is 5.69 Å². The van der Waals surface area contributed by atoms with E-state index in [9.17, 15) is 10.1 Å². The van der Waals surface area contributed by atoms with E-state index < -0.39 is 0 Å². The molecule has 2 rings (SSSR count). The first-order chi connectivity index (χ1) is 8.52. The van der Waals surface area contributed by atoms with E-state index in [-0.39, 0.29) is 11.9 Å². The maximum Gasteiger partial charge on any atom is 0.217 e. The molecule has 1 aromatic rings. The summed E-state index contributed by atoms with van der Waals surface area (Å²) in [5.41, 5.74) is 1.37. The number of hydrogen-bond donors (Lipinski definition) is 1. The molecular formula is C12H17N5O. The number of aryl methyl sites for hydroxylation is 2. The third kappa shape index (κ3) is 2.16. The summed E-state index contributed by atoms with van der Waals surface area (Å²) in [5.74, 6) is 0.839. The Balaban J connectivity index is 2.20. The molecule has 6 heteroatoms. The first kappa shape index (κ1) is 12.4. The number of rotatable bonds is 2. The highest BCUT2D eigenvalue weighted by Gasteiger charge is 2.28. The van der Waals surface area contributed by atoms with Crippen LogP contribution in [0.3, 0.4) is 0 Å². The molecule has 1 saturated heterocycles. The molecule has 0 aliphatic carbocycles. The van der Waals surface area contributed by atoms with E-state index >= 15 is 0 Å². The monoisotopic (exact) mass is 247 g/mol. The summed E-state index contributed by atoms with van der Waals surface area (Å²) in [7, 11) is 1.84. The largest absolute Gasteiger partial charge is 0.354 e. The van der Waals surface area contributed by atoms with Crippen LogP contribution in [0.2, 0.25) is 0 Å². The normalized spacial score (nSPS) is 18.8. The predicted octanol–water partition coefficient (Wildman–Crippen LogP) is 0.315. The molecule has 0 saturated carbocycles. The van der Waals surface area contributed by atoms with Crippen LogP contribution in [-0.4, -0.2) is 34.8 Å². The number of nitrogens with zero attached hydrogens (tertiary/aromatic N) is 4. The molecule has 6 nitrogen and oxygen atoms in total. The summed E-state index contributed by atoms with van der Waals surface area (Å²) in [6.07, 6.45) is 0.897. The number of hydrogen-bond acceptors (Lipinski definition) is 4. The third-order valence-corrected chi connectivity index (χ3v) is 3.20. The predicted molar refractivity (Wildman–Crippen MR) is 67.1 cm³/mol. The van der Waals surface area contributed by atoms with E-state index in [1.807, 2.05) is 14.0 Å². The molecule has 1 unspecified atom stereocenters. The van der Waals surface area contributed by atoms with Crippen molar-refractivity contribution < 1.29 is 4.79 Å². The number of anilines is 1. The van der Waals surface area contributed by atoms with Crippen LogP contribution in [0.4, 0.5) is 5.82 Å². The fourth-order valence-electron chi connectivity index (χ4n) is 2.50. The Hall–Kier alpha value is -2.03. The number of aromatic nitrogens is 2. The Morgan fingerprint density at radius 3 is 2.94 bits per heavy atom. The molecule has 1 aromatic heterocycles. The maximum absolute atomic E-state index is 11.0. The van der Waals surface area contributed by atoms with E-state index in [0.717, 1.165) is 31.0 Å². The second-order valence-electron chi connectivity index (χ2n) is 4.65. The van der Waals surface area contributed by atoms with Gasteiger partial charge in [-0.3, -0.25) is 9.48 Å². The highest BCUT2D eigenvalue weighted by Crippen LogP contribution is 2.25. The molecule has 1 aliphatic heterocycles. The van der Waals surface area contributed by atoms with Crippen LogP contribution < -0.4 is 10.2 Å². The van der Waals surface area contributed by atoms with Crippen LogP contribution >= 0.6 is 0 Å².